The van der Waals surface area contributed by atoms with Gasteiger partial charge in [0.15, 0.2) is 5.78 Å². The highest BCUT2D eigenvalue weighted by molar-refractivity contribution is 7.89. The molecule has 5 nitrogen and oxygen atoms in total. The van der Waals surface area contributed by atoms with Crippen molar-refractivity contribution in [2.75, 3.05) is 0 Å². The Balaban J connectivity index is 1.96. The van der Waals surface area contributed by atoms with Crippen LogP contribution in [0.4, 0.5) is 0 Å². The Morgan fingerprint density at radius 3 is 2.21 bits per heavy atom. The minimum atomic E-state index is -3.77. The molecule has 3 rings (SSSR count). The van der Waals surface area contributed by atoms with Crippen molar-refractivity contribution in [2.45, 2.75) is 37.5 Å². The normalized spacial score (nSPS) is 11.6. The fraction of sp³-hybridized carbons (Fsp3) is 0.227. The molecule has 29 heavy (non-hydrogen) atoms. The summed E-state index contributed by atoms with van der Waals surface area (Å²) in [4.78, 5) is 12.7. The maximum absolute atomic E-state index is 12.6. The van der Waals surface area contributed by atoms with Gasteiger partial charge < -0.3 is 4.57 Å². The topological polar surface area (TPSA) is 82.2 Å². The first kappa shape index (κ1) is 21.3. The van der Waals surface area contributed by atoms with Crippen molar-refractivity contribution < 1.29 is 13.2 Å². The summed E-state index contributed by atoms with van der Waals surface area (Å²) in [5.41, 5.74) is 3.45. The third-order valence-corrected chi connectivity index (χ3v) is 5.91. The first-order valence-electron chi connectivity index (χ1n) is 9.41. The lowest BCUT2D eigenvalue weighted by Gasteiger charge is -2.14. The number of Topliss-reactive ketones (excluding diaryl/α,β-unsaturated/α-hetero) is 1. The Labute approximate surface area is 176 Å². The number of carbonyl (C=O) groups is 1. The van der Waals surface area contributed by atoms with Gasteiger partial charge in [-0.25, -0.2) is 13.6 Å². The Bertz CT molecular complexity index is 1100. The average molecular weight is 431 g/mol. The average Bonchev–Trinajstić information content (AvgIpc) is 3.11. The van der Waals surface area contributed by atoms with Crippen LogP contribution in [0.5, 0.6) is 0 Å². The minimum Gasteiger partial charge on any atom is -0.311 e. The fourth-order valence-corrected chi connectivity index (χ4v) is 3.90. The quantitative estimate of drug-likeness (QED) is 0.532. The second kappa shape index (κ2) is 8.95. The Hall–Kier alpha value is -2.41. The number of aromatic nitrogens is 1. The molecule has 0 saturated heterocycles. The Kier molecular flexibility index (Phi) is 6.57. The zero-order valence-electron chi connectivity index (χ0n) is 16.1. The summed E-state index contributed by atoms with van der Waals surface area (Å²) in [5.74, 6) is 0.0563. The summed E-state index contributed by atoms with van der Waals surface area (Å²) in [6.07, 6.45) is 2.72. The summed E-state index contributed by atoms with van der Waals surface area (Å²) in [7, 11) is -3.77. The third-order valence-electron chi connectivity index (χ3n) is 4.73. The largest absolute Gasteiger partial charge is 0.311 e. The maximum Gasteiger partial charge on any atom is 0.238 e. The lowest BCUT2D eigenvalue weighted by molar-refractivity contribution is 0.0975. The third kappa shape index (κ3) is 5.15. The minimum absolute atomic E-state index is 0.0394. The molecule has 0 amide bonds. The van der Waals surface area contributed by atoms with E-state index in [2.05, 4.69) is 0 Å². The van der Waals surface area contributed by atoms with Gasteiger partial charge in [-0.05, 0) is 73.4 Å². The van der Waals surface area contributed by atoms with E-state index < -0.39 is 10.0 Å². The lowest BCUT2D eigenvalue weighted by Crippen LogP contribution is -2.13. The van der Waals surface area contributed by atoms with Crippen LogP contribution in [0.3, 0.4) is 0 Å². The molecule has 1 heterocycles. The standard InChI is InChI=1S/C22H23ClN2O3S/c1-2-3-22(26)21-15-12-18(9-6-16-4-7-17(23)8-5-16)25(21)19-10-13-20(14-11-19)29(24,27)28/h4-5,7-8,10-15H,2-3,6,9H2,1H3,(H2,24,27,28). The van der Waals surface area contributed by atoms with Crippen molar-refractivity contribution in [1.29, 1.82) is 0 Å². The molecule has 2 N–H and O–H groups in total. The van der Waals surface area contributed by atoms with Crippen molar-refractivity contribution >= 4 is 27.4 Å². The van der Waals surface area contributed by atoms with Crippen LogP contribution in [0.25, 0.3) is 5.69 Å². The van der Waals surface area contributed by atoms with Crippen LogP contribution >= 0.6 is 11.6 Å². The molecule has 0 fully saturated rings. The van der Waals surface area contributed by atoms with E-state index in [4.69, 9.17) is 16.7 Å². The van der Waals surface area contributed by atoms with Crippen LogP contribution in [0, 0.1) is 0 Å². The van der Waals surface area contributed by atoms with Gasteiger partial charge >= 0.3 is 0 Å². The number of nitrogens with two attached hydrogens (primary N) is 1. The predicted molar refractivity (Wildman–Crippen MR) is 115 cm³/mol. The van der Waals surface area contributed by atoms with Gasteiger partial charge in [0.2, 0.25) is 10.0 Å². The smallest absolute Gasteiger partial charge is 0.238 e. The van der Waals surface area contributed by atoms with Gasteiger partial charge in [-0.1, -0.05) is 30.7 Å². The first-order valence-corrected chi connectivity index (χ1v) is 11.3. The number of aryl methyl sites for hydroxylation is 2. The highest BCUT2D eigenvalue weighted by Gasteiger charge is 2.17. The van der Waals surface area contributed by atoms with E-state index in [9.17, 15) is 13.2 Å². The van der Waals surface area contributed by atoms with Crippen LogP contribution < -0.4 is 5.14 Å². The number of halogens is 1. The van der Waals surface area contributed by atoms with E-state index >= 15 is 0 Å². The number of benzene rings is 2. The molecular weight excluding hydrogens is 408 g/mol. The van der Waals surface area contributed by atoms with E-state index in [0.29, 0.717) is 17.1 Å². The molecule has 0 aliphatic rings. The SMILES string of the molecule is CCCC(=O)c1ccc(CCc2ccc(Cl)cc2)n1-c1ccc(S(N)(=O)=O)cc1. The number of sulfonamides is 1. The highest BCUT2D eigenvalue weighted by atomic mass is 35.5. The van der Waals surface area contributed by atoms with E-state index in [0.717, 1.165) is 36.2 Å². The van der Waals surface area contributed by atoms with Crippen molar-refractivity contribution in [3.05, 3.63) is 82.6 Å². The lowest BCUT2D eigenvalue weighted by atomic mass is 10.1. The van der Waals surface area contributed by atoms with E-state index in [1.54, 1.807) is 12.1 Å². The summed E-state index contributed by atoms with van der Waals surface area (Å²) in [5, 5.41) is 5.89. The van der Waals surface area contributed by atoms with Crippen molar-refractivity contribution in [3.63, 3.8) is 0 Å². The van der Waals surface area contributed by atoms with Crippen molar-refractivity contribution in [2.24, 2.45) is 5.14 Å². The zero-order chi connectivity index (χ0) is 21.0. The Morgan fingerprint density at radius 2 is 1.62 bits per heavy atom. The molecular formula is C22H23ClN2O3S. The van der Waals surface area contributed by atoms with Gasteiger partial charge in [-0.2, -0.15) is 0 Å². The first-order chi connectivity index (χ1) is 13.8. The van der Waals surface area contributed by atoms with E-state index in [1.165, 1.54) is 12.1 Å². The monoisotopic (exact) mass is 430 g/mol. The molecule has 0 spiro atoms. The second-order valence-corrected chi connectivity index (χ2v) is 8.88. The molecule has 0 aliphatic heterocycles. The van der Waals surface area contributed by atoms with Crippen LogP contribution in [-0.2, 0) is 22.9 Å². The summed E-state index contributed by atoms with van der Waals surface area (Å²) >= 11 is 5.95. The van der Waals surface area contributed by atoms with Gasteiger partial charge in [0.1, 0.15) is 0 Å². The van der Waals surface area contributed by atoms with Gasteiger partial charge in [0.25, 0.3) is 0 Å². The second-order valence-electron chi connectivity index (χ2n) is 6.88. The van der Waals surface area contributed by atoms with Gasteiger partial charge in [0.05, 0.1) is 10.6 Å². The van der Waals surface area contributed by atoms with Crippen molar-refractivity contribution in [1.82, 2.24) is 4.57 Å². The zero-order valence-corrected chi connectivity index (χ0v) is 17.7. The molecule has 1 aromatic heterocycles. The molecule has 0 bridgehead atoms. The maximum atomic E-state index is 12.6. The molecule has 7 heteroatoms. The van der Waals surface area contributed by atoms with Crippen LogP contribution in [0.15, 0.2) is 65.6 Å². The van der Waals surface area contributed by atoms with E-state index in [-0.39, 0.29) is 10.7 Å². The van der Waals surface area contributed by atoms with E-state index in [1.807, 2.05) is 47.9 Å². The van der Waals surface area contributed by atoms with Gasteiger partial charge in [0, 0.05) is 22.8 Å². The molecule has 0 aliphatic carbocycles. The Morgan fingerprint density at radius 1 is 0.966 bits per heavy atom. The molecule has 0 saturated carbocycles. The summed E-state index contributed by atoms with van der Waals surface area (Å²) in [6, 6.07) is 17.7. The molecule has 3 aromatic rings. The van der Waals surface area contributed by atoms with Gasteiger partial charge in [-0.15, -0.1) is 0 Å². The van der Waals surface area contributed by atoms with Crippen LogP contribution in [-0.4, -0.2) is 18.8 Å². The number of ketones is 1. The van der Waals surface area contributed by atoms with Crippen LogP contribution in [0.1, 0.15) is 41.5 Å². The molecule has 0 unspecified atom stereocenters. The molecule has 0 atom stereocenters. The predicted octanol–water partition coefficient (Wildman–Crippen LogP) is 4.55. The number of carbonyl (C=O) groups excluding carboxylic acids is 1. The summed E-state index contributed by atoms with van der Waals surface area (Å²) < 4.78 is 25.0. The van der Waals surface area contributed by atoms with Gasteiger partial charge in [-0.3, -0.25) is 4.79 Å². The molecule has 2 aromatic carbocycles. The molecule has 152 valence electrons. The van der Waals surface area contributed by atoms with Crippen molar-refractivity contribution in [3.8, 4) is 5.69 Å². The number of rotatable bonds is 8. The number of nitrogens with zero attached hydrogens (tertiary/aromatic N) is 1. The fourth-order valence-electron chi connectivity index (χ4n) is 3.26. The highest BCUT2D eigenvalue weighted by Crippen LogP contribution is 2.22. The number of primary sulfonamides is 1. The van der Waals surface area contributed by atoms with Crippen LogP contribution in [0.2, 0.25) is 5.02 Å². The number of hydrogen-bond donors (Lipinski definition) is 1. The molecule has 0 radical (unpaired) electrons. The number of hydrogen-bond acceptors (Lipinski definition) is 3. The summed E-state index contributed by atoms with van der Waals surface area (Å²) in [6.45, 7) is 1.97.